The van der Waals surface area contributed by atoms with Gasteiger partial charge >= 0.3 is 0 Å². The molecule has 0 aromatic rings. The molecule has 3 atom stereocenters. The summed E-state index contributed by atoms with van der Waals surface area (Å²) in [4.78, 5) is 2.62. The molecule has 0 spiro atoms. The Hall–Kier alpha value is -0.120. The quantitative estimate of drug-likeness (QED) is 0.794. The predicted octanol–water partition coefficient (Wildman–Crippen LogP) is 1.61. The predicted molar refractivity (Wildman–Crippen MR) is 66.4 cm³/mol. The molecule has 1 aliphatic heterocycles. The first-order valence-electron chi connectivity index (χ1n) is 6.71. The summed E-state index contributed by atoms with van der Waals surface area (Å²) in [6.07, 6.45) is 6.66. The van der Waals surface area contributed by atoms with Crippen LogP contribution in [0.5, 0.6) is 0 Å². The third kappa shape index (κ3) is 2.01. The molecule has 3 nitrogen and oxygen atoms in total. The van der Waals surface area contributed by atoms with Crippen LogP contribution in [0.3, 0.4) is 0 Å². The number of methoxy groups -OCH3 is 1. The summed E-state index contributed by atoms with van der Waals surface area (Å²) in [5.74, 6) is 0.822. The van der Waals surface area contributed by atoms with Crippen molar-refractivity contribution in [3.63, 3.8) is 0 Å². The van der Waals surface area contributed by atoms with Gasteiger partial charge in [-0.25, -0.2) is 0 Å². The van der Waals surface area contributed by atoms with Crippen molar-refractivity contribution in [2.24, 2.45) is 11.7 Å². The van der Waals surface area contributed by atoms with Crippen molar-refractivity contribution in [1.29, 1.82) is 0 Å². The van der Waals surface area contributed by atoms with Crippen molar-refractivity contribution in [3.8, 4) is 0 Å². The summed E-state index contributed by atoms with van der Waals surface area (Å²) in [6, 6.07) is 0. The van der Waals surface area contributed by atoms with Crippen LogP contribution in [0.2, 0.25) is 0 Å². The first kappa shape index (κ1) is 12.3. The number of hydrogen-bond donors (Lipinski definition) is 1. The van der Waals surface area contributed by atoms with Crippen LogP contribution in [0.15, 0.2) is 0 Å². The van der Waals surface area contributed by atoms with E-state index in [1.165, 1.54) is 45.2 Å². The summed E-state index contributed by atoms with van der Waals surface area (Å²) in [5, 5.41) is 0. The molecule has 2 rings (SSSR count). The van der Waals surface area contributed by atoms with Crippen LogP contribution in [0.25, 0.3) is 0 Å². The minimum atomic E-state index is 0.137. The summed E-state index contributed by atoms with van der Waals surface area (Å²) in [7, 11) is 1.85. The van der Waals surface area contributed by atoms with Crippen molar-refractivity contribution >= 4 is 0 Å². The van der Waals surface area contributed by atoms with Crippen LogP contribution in [0.1, 0.15) is 39.0 Å². The molecular weight excluding hydrogens is 200 g/mol. The Kier molecular flexibility index (Phi) is 3.88. The van der Waals surface area contributed by atoms with Crippen molar-refractivity contribution in [2.75, 3.05) is 26.7 Å². The molecule has 0 amide bonds. The fourth-order valence-electron chi connectivity index (χ4n) is 3.59. The van der Waals surface area contributed by atoms with Gasteiger partial charge in [-0.3, -0.25) is 4.90 Å². The zero-order valence-corrected chi connectivity index (χ0v) is 10.7. The topological polar surface area (TPSA) is 38.5 Å². The molecule has 1 saturated carbocycles. The van der Waals surface area contributed by atoms with Crippen molar-refractivity contribution in [1.82, 2.24) is 4.90 Å². The molecule has 2 N–H and O–H groups in total. The lowest BCUT2D eigenvalue weighted by Crippen LogP contribution is -2.62. The molecule has 2 aliphatic rings. The number of hydrogen-bond acceptors (Lipinski definition) is 3. The fourth-order valence-corrected chi connectivity index (χ4v) is 3.59. The van der Waals surface area contributed by atoms with Gasteiger partial charge < -0.3 is 10.5 Å². The van der Waals surface area contributed by atoms with Crippen LogP contribution in [0, 0.1) is 5.92 Å². The largest absolute Gasteiger partial charge is 0.379 e. The van der Waals surface area contributed by atoms with E-state index in [9.17, 15) is 0 Å². The van der Waals surface area contributed by atoms with E-state index in [2.05, 4.69) is 11.8 Å². The van der Waals surface area contributed by atoms with Gasteiger partial charge in [0.1, 0.15) is 0 Å². The van der Waals surface area contributed by atoms with E-state index in [4.69, 9.17) is 10.5 Å². The van der Waals surface area contributed by atoms with Crippen LogP contribution in [-0.4, -0.2) is 43.3 Å². The first-order valence-corrected chi connectivity index (χ1v) is 6.71. The Bertz CT molecular complexity index is 234. The zero-order valence-electron chi connectivity index (χ0n) is 10.7. The first-order chi connectivity index (χ1) is 7.73. The highest BCUT2D eigenvalue weighted by molar-refractivity contribution is 5.02. The Balaban J connectivity index is 2.15. The smallest absolute Gasteiger partial charge is 0.0767 e. The molecule has 1 saturated heterocycles. The normalized spacial score (nSPS) is 41.4. The van der Waals surface area contributed by atoms with Gasteiger partial charge in [0, 0.05) is 20.2 Å². The SMILES string of the molecule is COC1CCCCC1(CN)N1CCC(C)C1. The molecule has 94 valence electrons. The molecule has 0 aromatic heterocycles. The van der Waals surface area contributed by atoms with Gasteiger partial charge in [-0.15, -0.1) is 0 Å². The highest BCUT2D eigenvalue weighted by Crippen LogP contribution is 2.37. The Labute approximate surface area is 99.3 Å². The van der Waals surface area contributed by atoms with Crippen LogP contribution in [-0.2, 0) is 4.74 Å². The highest BCUT2D eigenvalue weighted by atomic mass is 16.5. The number of ether oxygens (including phenoxy) is 1. The van der Waals surface area contributed by atoms with Crippen LogP contribution in [0.4, 0.5) is 0 Å². The molecule has 2 fully saturated rings. The number of nitrogens with two attached hydrogens (primary N) is 1. The second-order valence-electron chi connectivity index (χ2n) is 5.62. The maximum atomic E-state index is 6.11. The fraction of sp³-hybridized carbons (Fsp3) is 1.00. The number of likely N-dealkylation sites (tertiary alicyclic amines) is 1. The summed E-state index contributed by atoms with van der Waals surface area (Å²) in [6.45, 7) is 5.50. The minimum absolute atomic E-state index is 0.137. The van der Waals surface area contributed by atoms with Gasteiger partial charge in [-0.05, 0) is 31.7 Å². The van der Waals surface area contributed by atoms with E-state index < -0.39 is 0 Å². The van der Waals surface area contributed by atoms with Gasteiger partial charge in [-0.1, -0.05) is 19.8 Å². The van der Waals surface area contributed by atoms with Gasteiger partial charge in [0.15, 0.2) is 0 Å². The molecule has 1 heterocycles. The van der Waals surface area contributed by atoms with Gasteiger partial charge in [0.25, 0.3) is 0 Å². The zero-order chi connectivity index (χ0) is 11.6. The molecule has 1 aliphatic carbocycles. The van der Waals surface area contributed by atoms with Crippen molar-refractivity contribution in [2.45, 2.75) is 50.7 Å². The lowest BCUT2D eigenvalue weighted by Gasteiger charge is -2.49. The lowest BCUT2D eigenvalue weighted by atomic mass is 9.77. The Morgan fingerprint density at radius 2 is 2.19 bits per heavy atom. The van der Waals surface area contributed by atoms with Crippen molar-refractivity contribution < 1.29 is 4.74 Å². The highest BCUT2D eigenvalue weighted by Gasteiger charge is 2.46. The third-order valence-electron chi connectivity index (χ3n) is 4.62. The Morgan fingerprint density at radius 3 is 2.75 bits per heavy atom. The van der Waals surface area contributed by atoms with E-state index in [1.807, 2.05) is 7.11 Å². The lowest BCUT2D eigenvalue weighted by molar-refractivity contribution is -0.0679. The molecule has 0 aromatic carbocycles. The standard InChI is InChI=1S/C13H26N2O/c1-11-6-8-15(9-11)13(10-14)7-4-3-5-12(13)16-2/h11-12H,3-10,14H2,1-2H3. The molecule has 0 radical (unpaired) electrons. The maximum absolute atomic E-state index is 6.11. The van der Waals surface area contributed by atoms with Crippen LogP contribution >= 0.6 is 0 Å². The average Bonchev–Trinajstić information content (AvgIpc) is 2.76. The molecule has 3 heteroatoms. The Morgan fingerprint density at radius 1 is 1.38 bits per heavy atom. The molecule has 0 bridgehead atoms. The second-order valence-corrected chi connectivity index (χ2v) is 5.62. The molecular formula is C13H26N2O. The average molecular weight is 226 g/mol. The monoisotopic (exact) mass is 226 g/mol. The van der Waals surface area contributed by atoms with Crippen LogP contribution < -0.4 is 5.73 Å². The van der Waals surface area contributed by atoms with Gasteiger partial charge in [0.05, 0.1) is 11.6 Å². The van der Waals surface area contributed by atoms with E-state index in [0.717, 1.165) is 12.5 Å². The van der Waals surface area contributed by atoms with E-state index in [-0.39, 0.29) is 5.54 Å². The molecule has 16 heavy (non-hydrogen) atoms. The second kappa shape index (κ2) is 5.03. The summed E-state index contributed by atoms with van der Waals surface area (Å²) >= 11 is 0. The third-order valence-corrected chi connectivity index (χ3v) is 4.62. The van der Waals surface area contributed by atoms with E-state index in [1.54, 1.807) is 0 Å². The van der Waals surface area contributed by atoms with E-state index in [0.29, 0.717) is 6.10 Å². The van der Waals surface area contributed by atoms with Gasteiger partial charge in [-0.2, -0.15) is 0 Å². The summed E-state index contributed by atoms with van der Waals surface area (Å²) < 4.78 is 5.72. The maximum Gasteiger partial charge on any atom is 0.0767 e. The minimum Gasteiger partial charge on any atom is -0.379 e. The number of rotatable bonds is 3. The van der Waals surface area contributed by atoms with Gasteiger partial charge in [0.2, 0.25) is 0 Å². The number of nitrogens with zero attached hydrogens (tertiary/aromatic N) is 1. The summed E-state index contributed by atoms with van der Waals surface area (Å²) in [5.41, 5.74) is 6.24. The molecule has 3 unspecified atom stereocenters. The van der Waals surface area contributed by atoms with Crippen molar-refractivity contribution in [3.05, 3.63) is 0 Å². The van der Waals surface area contributed by atoms with E-state index >= 15 is 0 Å².